The van der Waals surface area contributed by atoms with Gasteiger partial charge in [0.15, 0.2) is 11.5 Å². The van der Waals surface area contributed by atoms with Gasteiger partial charge in [-0.15, -0.1) is 0 Å². The van der Waals surface area contributed by atoms with Crippen molar-refractivity contribution < 1.29 is 19.0 Å². The molecule has 3 rings (SSSR count). The van der Waals surface area contributed by atoms with E-state index in [0.717, 1.165) is 37.3 Å². The number of methoxy groups -OCH3 is 1. The number of hydrogen-bond acceptors (Lipinski definition) is 6. The first-order valence-electron chi connectivity index (χ1n) is 10.0. The highest BCUT2D eigenvalue weighted by molar-refractivity contribution is 5.43. The molecule has 1 atom stereocenters. The van der Waals surface area contributed by atoms with Gasteiger partial charge in [0, 0.05) is 25.2 Å². The summed E-state index contributed by atoms with van der Waals surface area (Å²) in [7, 11) is 3.71. The van der Waals surface area contributed by atoms with Crippen molar-refractivity contribution in [3.05, 3.63) is 47.9 Å². The fourth-order valence-electron chi connectivity index (χ4n) is 3.67. The molecule has 6 heteroatoms. The summed E-state index contributed by atoms with van der Waals surface area (Å²) in [5.74, 6) is 1.36. The molecule has 0 unspecified atom stereocenters. The molecule has 2 aromatic rings. The molecule has 0 aliphatic carbocycles. The average Bonchev–Trinajstić information content (AvgIpc) is 3.20. The van der Waals surface area contributed by atoms with Crippen molar-refractivity contribution in [1.82, 2.24) is 9.80 Å². The predicted molar refractivity (Wildman–Crippen MR) is 109 cm³/mol. The van der Waals surface area contributed by atoms with Crippen molar-refractivity contribution in [1.29, 1.82) is 0 Å². The molecule has 0 saturated carbocycles. The largest absolute Gasteiger partial charge is 0.493 e. The van der Waals surface area contributed by atoms with E-state index in [1.807, 2.05) is 24.3 Å². The lowest BCUT2D eigenvalue weighted by atomic mass is 10.1. The molecule has 154 valence electrons. The third-order valence-corrected chi connectivity index (χ3v) is 5.06. The Labute approximate surface area is 167 Å². The lowest BCUT2D eigenvalue weighted by Gasteiger charge is -2.28. The molecule has 2 heterocycles. The minimum absolute atomic E-state index is 0.265. The van der Waals surface area contributed by atoms with Gasteiger partial charge in [-0.3, -0.25) is 4.90 Å². The minimum atomic E-state index is -0.504. The number of piperidine rings is 1. The number of hydrogen-bond donors (Lipinski definition) is 1. The van der Waals surface area contributed by atoms with Crippen LogP contribution in [0.4, 0.5) is 0 Å². The zero-order valence-electron chi connectivity index (χ0n) is 17.0. The molecule has 1 N–H and O–H groups in total. The molecular weight excluding hydrogens is 356 g/mol. The van der Waals surface area contributed by atoms with E-state index in [9.17, 15) is 5.11 Å². The third-order valence-electron chi connectivity index (χ3n) is 5.06. The van der Waals surface area contributed by atoms with Crippen LogP contribution in [0.1, 0.15) is 30.4 Å². The standard InChI is InChI=1S/C22H32N2O4/c1-23(14-19-8-11-27-16-19)13-18-6-7-21(26-2)22(12-18)28-17-20(25)15-24-9-4-3-5-10-24/h6-8,11-12,16,20,25H,3-5,9-10,13-15,17H2,1-2H3/t20-/m0/s1. The van der Waals surface area contributed by atoms with Gasteiger partial charge in [0.25, 0.3) is 0 Å². The molecule has 0 bridgehead atoms. The summed E-state index contributed by atoms with van der Waals surface area (Å²) >= 11 is 0. The van der Waals surface area contributed by atoms with E-state index < -0.39 is 6.10 Å². The Bertz CT molecular complexity index is 699. The van der Waals surface area contributed by atoms with Gasteiger partial charge in [-0.2, -0.15) is 0 Å². The number of benzene rings is 1. The number of likely N-dealkylation sites (tertiary alicyclic amines) is 1. The van der Waals surface area contributed by atoms with E-state index in [0.29, 0.717) is 18.0 Å². The molecule has 6 nitrogen and oxygen atoms in total. The van der Waals surface area contributed by atoms with E-state index in [2.05, 4.69) is 16.8 Å². The number of ether oxygens (including phenoxy) is 2. The molecule has 0 amide bonds. The van der Waals surface area contributed by atoms with Crippen molar-refractivity contribution >= 4 is 0 Å². The zero-order chi connectivity index (χ0) is 19.8. The molecule has 1 aliphatic heterocycles. The SMILES string of the molecule is COc1ccc(CN(C)Cc2ccoc2)cc1OC[C@@H](O)CN1CCCCC1. The van der Waals surface area contributed by atoms with E-state index in [1.54, 1.807) is 19.6 Å². The summed E-state index contributed by atoms with van der Waals surface area (Å²) in [6, 6.07) is 7.94. The van der Waals surface area contributed by atoms with Crippen LogP contribution in [0.3, 0.4) is 0 Å². The predicted octanol–water partition coefficient (Wildman–Crippen LogP) is 3.15. The molecule has 1 aromatic heterocycles. The maximum absolute atomic E-state index is 10.4. The van der Waals surface area contributed by atoms with Gasteiger partial charge in [0.2, 0.25) is 0 Å². The summed E-state index contributed by atoms with van der Waals surface area (Å²) < 4.78 is 16.5. The van der Waals surface area contributed by atoms with Gasteiger partial charge < -0.3 is 23.9 Å². The zero-order valence-corrected chi connectivity index (χ0v) is 17.0. The van der Waals surface area contributed by atoms with Crippen molar-refractivity contribution in [2.24, 2.45) is 0 Å². The molecule has 0 spiro atoms. The second kappa shape index (κ2) is 10.5. The Kier molecular flexibility index (Phi) is 7.77. The Morgan fingerprint density at radius 3 is 2.61 bits per heavy atom. The number of aliphatic hydroxyl groups is 1. The molecular formula is C22H32N2O4. The quantitative estimate of drug-likeness (QED) is 0.675. The monoisotopic (exact) mass is 388 g/mol. The summed E-state index contributed by atoms with van der Waals surface area (Å²) in [6.07, 6.45) is 6.68. The summed E-state index contributed by atoms with van der Waals surface area (Å²) in [6.45, 7) is 4.66. The normalized spacial score (nSPS) is 16.3. The Morgan fingerprint density at radius 1 is 1.11 bits per heavy atom. The second-order valence-electron chi connectivity index (χ2n) is 7.62. The third kappa shape index (κ3) is 6.26. The Balaban J connectivity index is 1.54. The maximum atomic E-state index is 10.4. The van der Waals surface area contributed by atoms with Gasteiger partial charge in [0.1, 0.15) is 12.7 Å². The molecule has 1 saturated heterocycles. The fraction of sp³-hybridized carbons (Fsp3) is 0.545. The number of nitrogens with zero attached hydrogens (tertiary/aromatic N) is 2. The lowest BCUT2D eigenvalue weighted by molar-refractivity contribution is 0.0608. The first-order valence-corrected chi connectivity index (χ1v) is 10.0. The molecule has 1 aliphatic rings. The van der Waals surface area contributed by atoms with Crippen molar-refractivity contribution in [3.8, 4) is 11.5 Å². The van der Waals surface area contributed by atoms with E-state index in [-0.39, 0.29) is 6.61 Å². The molecule has 1 aromatic carbocycles. The van der Waals surface area contributed by atoms with Gasteiger partial charge >= 0.3 is 0 Å². The van der Waals surface area contributed by atoms with E-state index >= 15 is 0 Å². The highest BCUT2D eigenvalue weighted by atomic mass is 16.5. The van der Waals surface area contributed by atoms with Crippen molar-refractivity contribution in [2.45, 2.75) is 38.5 Å². The van der Waals surface area contributed by atoms with E-state index in [1.165, 1.54) is 19.3 Å². The van der Waals surface area contributed by atoms with Gasteiger partial charge in [-0.05, 0) is 56.7 Å². The van der Waals surface area contributed by atoms with Crippen LogP contribution in [0.25, 0.3) is 0 Å². The Morgan fingerprint density at radius 2 is 1.89 bits per heavy atom. The smallest absolute Gasteiger partial charge is 0.161 e. The number of β-amino-alcohol motifs (C(OH)–C–C–N with tert-alkyl or cyclic N) is 1. The number of rotatable bonds is 10. The highest BCUT2D eigenvalue weighted by Gasteiger charge is 2.16. The van der Waals surface area contributed by atoms with Gasteiger partial charge in [-0.25, -0.2) is 0 Å². The highest BCUT2D eigenvalue weighted by Crippen LogP contribution is 2.29. The van der Waals surface area contributed by atoms with E-state index in [4.69, 9.17) is 13.9 Å². The van der Waals surface area contributed by atoms with Crippen LogP contribution < -0.4 is 9.47 Å². The van der Waals surface area contributed by atoms with Crippen molar-refractivity contribution in [3.63, 3.8) is 0 Å². The lowest BCUT2D eigenvalue weighted by Crippen LogP contribution is -2.38. The maximum Gasteiger partial charge on any atom is 0.161 e. The van der Waals surface area contributed by atoms with Crippen LogP contribution in [0, 0.1) is 0 Å². The molecule has 1 fully saturated rings. The van der Waals surface area contributed by atoms with Crippen LogP contribution in [-0.4, -0.2) is 61.4 Å². The van der Waals surface area contributed by atoms with Gasteiger partial charge in [0.05, 0.1) is 19.6 Å². The second-order valence-corrected chi connectivity index (χ2v) is 7.62. The summed E-state index contributed by atoms with van der Waals surface area (Å²) in [5.41, 5.74) is 2.28. The van der Waals surface area contributed by atoms with Crippen LogP contribution in [-0.2, 0) is 13.1 Å². The minimum Gasteiger partial charge on any atom is -0.493 e. The number of aliphatic hydroxyl groups excluding tert-OH is 1. The summed E-state index contributed by atoms with van der Waals surface area (Å²) in [5, 5.41) is 10.4. The van der Waals surface area contributed by atoms with Crippen LogP contribution >= 0.6 is 0 Å². The first kappa shape index (κ1) is 20.7. The number of furan rings is 1. The van der Waals surface area contributed by atoms with Crippen LogP contribution in [0.5, 0.6) is 11.5 Å². The van der Waals surface area contributed by atoms with Crippen LogP contribution in [0.15, 0.2) is 41.2 Å². The molecule has 0 radical (unpaired) electrons. The topological polar surface area (TPSA) is 58.3 Å². The Hall–Kier alpha value is -2.02. The summed E-state index contributed by atoms with van der Waals surface area (Å²) in [4.78, 5) is 4.53. The molecule has 28 heavy (non-hydrogen) atoms. The first-order chi connectivity index (χ1) is 13.6. The fourth-order valence-corrected chi connectivity index (χ4v) is 3.67. The van der Waals surface area contributed by atoms with Crippen LogP contribution in [0.2, 0.25) is 0 Å². The van der Waals surface area contributed by atoms with Crippen molar-refractivity contribution in [2.75, 3.05) is 40.4 Å². The average molecular weight is 389 g/mol. The van der Waals surface area contributed by atoms with Gasteiger partial charge in [-0.1, -0.05) is 12.5 Å².